The largest absolute Gasteiger partial charge is 0.310 e. The molecule has 4 heteroatoms. The molecule has 1 nitrogen and oxygen atoms in total. The Bertz CT molecular complexity index is 330. The Balaban J connectivity index is 1.88. The molecule has 0 unspecified atom stereocenters. The predicted octanol–water partition coefficient (Wildman–Crippen LogP) is 2.82. The number of hydrogen-bond acceptors (Lipinski definition) is 1. The van der Waals surface area contributed by atoms with Crippen LogP contribution in [0.5, 0.6) is 0 Å². The minimum Gasteiger partial charge on any atom is -0.310 e. The molecular weight excluding hydrogens is 220 g/mol. The van der Waals surface area contributed by atoms with E-state index in [0.29, 0.717) is 18.2 Å². The third-order valence-electron chi connectivity index (χ3n) is 2.60. The molecule has 82 valence electrons. The minimum absolute atomic E-state index is 0.256. The maximum atomic E-state index is 12.8. The average molecular weight is 232 g/mol. The van der Waals surface area contributed by atoms with E-state index >= 15 is 0 Å². The Morgan fingerprint density at radius 3 is 2.33 bits per heavy atom. The number of alkyl halides is 1. The van der Waals surface area contributed by atoms with Crippen molar-refractivity contribution in [2.24, 2.45) is 0 Å². The van der Waals surface area contributed by atoms with Crippen LogP contribution in [0.15, 0.2) is 18.2 Å². The van der Waals surface area contributed by atoms with E-state index in [9.17, 15) is 8.78 Å². The molecule has 0 saturated heterocycles. The molecule has 0 aromatic heterocycles. The van der Waals surface area contributed by atoms with Gasteiger partial charge in [0.05, 0.1) is 0 Å². The van der Waals surface area contributed by atoms with Crippen LogP contribution in [0.25, 0.3) is 0 Å². The summed E-state index contributed by atoms with van der Waals surface area (Å²) in [6, 6.07) is 3.94. The number of hydrogen-bond donors (Lipinski definition) is 1. The normalized spacial score (nSPS) is 25.0. The molecule has 0 bridgehead atoms. The summed E-state index contributed by atoms with van der Waals surface area (Å²) in [5.74, 6) is -1.06. The average Bonchev–Trinajstić information content (AvgIpc) is 2.09. The predicted molar refractivity (Wildman–Crippen MR) is 55.9 cm³/mol. The standard InChI is InChI=1S/C11H12ClF2N/c12-8-3-11(4-8)15-6-7-1-9(13)5-10(14)2-7/h1-2,5,8,11,15H,3-4,6H2. The highest BCUT2D eigenvalue weighted by Gasteiger charge is 2.26. The van der Waals surface area contributed by atoms with Crippen molar-refractivity contribution in [1.29, 1.82) is 0 Å². The molecule has 15 heavy (non-hydrogen) atoms. The van der Waals surface area contributed by atoms with Gasteiger partial charge >= 0.3 is 0 Å². The number of rotatable bonds is 3. The Morgan fingerprint density at radius 1 is 1.20 bits per heavy atom. The molecule has 2 rings (SSSR count). The van der Waals surface area contributed by atoms with Crippen molar-refractivity contribution in [3.05, 3.63) is 35.4 Å². The van der Waals surface area contributed by atoms with Gasteiger partial charge in [-0.3, -0.25) is 0 Å². The Labute approximate surface area is 92.4 Å². The van der Waals surface area contributed by atoms with Crippen LogP contribution in [0.3, 0.4) is 0 Å². The highest BCUT2D eigenvalue weighted by atomic mass is 35.5. The Hall–Kier alpha value is -0.670. The molecule has 0 spiro atoms. The van der Waals surface area contributed by atoms with Gasteiger partial charge in [-0.05, 0) is 30.5 Å². The maximum Gasteiger partial charge on any atom is 0.126 e. The van der Waals surface area contributed by atoms with Crippen LogP contribution < -0.4 is 5.32 Å². The van der Waals surface area contributed by atoms with E-state index in [1.807, 2.05) is 0 Å². The van der Waals surface area contributed by atoms with Gasteiger partial charge < -0.3 is 5.32 Å². The van der Waals surface area contributed by atoms with E-state index in [4.69, 9.17) is 11.6 Å². The Morgan fingerprint density at radius 2 is 1.80 bits per heavy atom. The van der Waals surface area contributed by atoms with E-state index in [1.54, 1.807) is 0 Å². The van der Waals surface area contributed by atoms with Gasteiger partial charge in [0.25, 0.3) is 0 Å². The second-order valence-electron chi connectivity index (χ2n) is 3.92. The van der Waals surface area contributed by atoms with Gasteiger partial charge in [-0.1, -0.05) is 0 Å². The minimum atomic E-state index is -0.532. The molecule has 0 radical (unpaired) electrons. The monoisotopic (exact) mass is 231 g/mol. The molecule has 1 aliphatic rings. The van der Waals surface area contributed by atoms with Crippen molar-refractivity contribution in [2.45, 2.75) is 30.8 Å². The first-order valence-electron chi connectivity index (χ1n) is 4.96. The van der Waals surface area contributed by atoms with Crippen molar-refractivity contribution < 1.29 is 8.78 Å². The summed E-state index contributed by atoms with van der Waals surface area (Å²) in [4.78, 5) is 0. The molecule has 1 aliphatic carbocycles. The van der Waals surface area contributed by atoms with Crippen LogP contribution in [0.2, 0.25) is 0 Å². The van der Waals surface area contributed by atoms with Crippen LogP contribution >= 0.6 is 11.6 Å². The first kappa shape index (κ1) is 10.8. The molecule has 1 aromatic rings. The van der Waals surface area contributed by atoms with Gasteiger partial charge in [-0.2, -0.15) is 0 Å². The van der Waals surface area contributed by atoms with Gasteiger partial charge in [0, 0.05) is 24.0 Å². The second-order valence-corrected chi connectivity index (χ2v) is 4.54. The zero-order chi connectivity index (χ0) is 10.8. The third kappa shape index (κ3) is 2.89. The number of halogens is 3. The van der Waals surface area contributed by atoms with Crippen LogP contribution in [-0.4, -0.2) is 11.4 Å². The summed E-state index contributed by atoms with van der Waals surface area (Å²) in [7, 11) is 0. The number of nitrogens with one attached hydrogen (secondary N) is 1. The molecule has 1 N–H and O–H groups in total. The molecule has 0 amide bonds. The second kappa shape index (κ2) is 4.45. The summed E-state index contributed by atoms with van der Waals surface area (Å²) in [5.41, 5.74) is 0.630. The lowest BCUT2D eigenvalue weighted by Crippen LogP contribution is -2.41. The van der Waals surface area contributed by atoms with Crippen molar-refractivity contribution in [1.82, 2.24) is 5.32 Å². The van der Waals surface area contributed by atoms with Gasteiger partial charge in [-0.25, -0.2) is 8.78 Å². The fourth-order valence-electron chi connectivity index (χ4n) is 1.69. The fourth-order valence-corrected chi connectivity index (χ4v) is 2.12. The highest BCUT2D eigenvalue weighted by molar-refractivity contribution is 6.21. The maximum absolute atomic E-state index is 12.8. The summed E-state index contributed by atoms with van der Waals surface area (Å²) in [5, 5.41) is 3.46. The molecule has 1 saturated carbocycles. The van der Waals surface area contributed by atoms with Gasteiger partial charge in [0.15, 0.2) is 0 Å². The fraction of sp³-hybridized carbons (Fsp3) is 0.455. The van der Waals surface area contributed by atoms with Crippen LogP contribution in [-0.2, 0) is 6.54 Å². The van der Waals surface area contributed by atoms with E-state index in [0.717, 1.165) is 18.9 Å². The SMILES string of the molecule is Fc1cc(F)cc(CNC2CC(Cl)C2)c1. The molecular formula is C11H12ClF2N. The molecule has 1 fully saturated rings. The Kier molecular flexibility index (Phi) is 3.22. The van der Waals surface area contributed by atoms with E-state index < -0.39 is 11.6 Å². The van der Waals surface area contributed by atoms with E-state index in [2.05, 4.69) is 5.32 Å². The summed E-state index contributed by atoms with van der Waals surface area (Å²) < 4.78 is 25.6. The van der Waals surface area contributed by atoms with Gasteiger partial charge in [-0.15, -0.1) is 11.6 Å². The summed E-state index contributed by atoms with van der Waals surface area (Å²) >= 11 is 5.82. The quantitative estimate of drug-likeness (QED) is 0.789. The highest BCUT2D eigenvalue weighted by Crippen LogP contribution is 2.25. The number of benzene rings is 1. The lowest BCUT2D eigenvalue weighted by Gasteiger charge is -2.31. The van der Waals surface area contributed by atoms with Crippen molar-refractivity contribution in [3.63, 3.8) is 0 Å². The van der Waals surface area contributed by atoms with Crippen molar-refractivity contribution >= 4 is 11.6 Å². The van der Waals surface area contributed by atoms with Gasteiger partial charge in [0.1, 0.15) is 11.6 Å². The molecule has 1 aromatic carbocycles. The summed E-state index contributed by atoms with van der Waals surface area (Å²) in [6.45, 7) is 0.489. The molecule has 0 heterocycles. The van der Waals surface area contributed by atoms with E-state index in [-0.39, 0.29) is 5.38 Å². The zero-order valence-corrected chi connectivity index (χ0v) is 8.90. The molecule has 0 atom stereocenters. The lowest BCUT2D eigenvalue weighted by molar-refractivity contribution is 0.344. The lowest BCUT2D eigenvalue weighted by atomic mass is 9.92. The first-order valence-corrected chi connectivity index (χ1v) is 5.39. The van der Waals surface area contributed by atoms with E-state index in [1.165, 1.54) is 12.1 Å². The van der Waals surface area contributed by atoms with Gasteiger partial charge in [0.2, 0.25) is 0 Å². The van der Waals surface area contributed by atoms with Crippen LogP contribution in [0.1, 0.15) is 18.4 Å². The topological polar surface area (TPSA) is 12.0 Å². The van der Waals surface area contributed by atoms with Crippen molar-refractivity contribution in [3.8, 4) is 0 Å². The first-order chi connectivity index (χ1) is 7.13. The van der Waals surface area contributed by atoms with Crippen LogP contribution in [0.4, 0.5) is 8.78 Å². The zero-order valence-electron chi connectivity index (χ0n) is 8.14. The van der Waals surface area contributed by atoms with Crippen molar-refractivity contribution in [2.75, 3.05) is 0 Å². The molecule has 0 aliphatic heterocycles. The third-order valence-corrected chi connectivity index (χ3v) is 2.95. The summed E-state index contributed by atoms with van der Waals surface area (Å²) in [6.07, 6.45) is 1.86. The smallest absolute Gasteiger partial charge is 0.126 e. The van der Waals surface area contributed by atoms with Crippen LogP contribution in [0, 0.1) is 11.6 Å².